The number of amides is 1. The molecule has 0 spiro atoms. The normalized spacial score (nSPS) is 10.8. The second-order valence-electron chi connectivity index (χ2n) is 4.61. The molecule has 0 bridgehead atoms. The van der Waals surface area contributed by atoms with E-state index in [0.29, 0.717) is 22.1 Å². The number of nitrogens with one attached hydrogen (secondary N) is 2. The van der Waals surface area contributed by atoms with Crippen LogP contribution in [0, 0.1) is 0 Å². The van der Waals surface area contributed by atoms with E-state index in [2.05, 4.69) is 26.2 Å². The molecule has 0 aliphatic rings. The number of aromatic nitrogens is 1. The van der Waals surface area contributed by atoms with Crippen molar-refractivity contribution >= 4 is 55.7 Å². The minimum Gasteiger partial charge on any atom is -0.399 e. The van der Waals surface area contributed by atoms with Gasteiger partial charge in [0.25, 0.3) is 5.91 Å². The first kappa shape index (κ1) is 14.0. The van der Waals surface area contributed by atoms with Crippen molar-refractivity contribution in [3.63, 3.8) is 0 Å². The number of H-pyrrole nitrogens is 1. The second kappa shape index (κ2) is 5.42. The van der Waals surface area contributed by atoms with Gasteiger partial charge in [0.15, 0.2) is 0 Å². The van der Waals surface area contributed by atoms with E-state index in [1.54, 1.807) is 30.3 Å². The maximum atomic E-state index is 12.2. The van der Waals surface area contributed by atoms with Crippen molar-refractivity contribution in [2.75, 3.05) is 11.1 Å². The van der Waals surface area contributed by atoms with E-state index in [0.717, 1.165) is 15.4 Å². The van der Waals surface area contributed by atoms with E-state index in [1.807, 2.05) is 12.1 Å². The van der Waals surface area contributed by atoms with Crippen LogP contribution in [-0.4, -0.2) is 10.9 Å². The lowest BCUT2D eigenvalue weighted by Gasteiger charge is -2.05. The molecule has 0 atom stereocenters. The number of aromatic amines is 1. The van der Waals surface area contributed by atoms with Gasteiger partial charge in [-0.25, -0.2) is 0 Å². The van der Waals surface area contributed by atoms with Crippen LogP contribution in [0.2, 0.25) is 5.02 Å². The van der Waals surface area contributed by atoms with Gasteiger partial charge in [-0.1, -0.05) is 11.6 Å². The van der Waals surface area contributed by atoms with Gasteiger partial charge in [0.2, 0.25) is 0 Å². The Balaban J connectivity index is 1.87. The Labute approximate surface area is 134 Å². The monoisotopic (exact) mass is 363 g/mol. The summed E-state index contributed by atoms with van der Waals surface area (Å²) in [6.45, 7) is 0. The zero-order chi connectivity index (χ0) is 15.0. The topological polar surface area (TPSA) is 70.9 Å². The largest absolute Gasteiger partial charge is 0.399 e. The number of carbonyl (C=O) groups excluding carboxylic acids is 1. The van der Waals surface area contributed by atoms with Gasteiger partial charge in [0, 0.05) is 26.8 Å². The quantitative estimate of drug-likeness (QED) is 0.589. The summed E-state index contributed by atoms with van der Waals surface area (Å²) in [5.74, 6) is -0.233. The number of nitrogens with two attached hydrogens (primary N) is 1. The molecule has 6 heteroatoms. The van der Waals surface area contributed by atoms with Crippen molar-refractivity contribution in [3.05, 3.63) is 57.7 Å². The van der Waals surface area contributed by atoms with E-state index >= 15 is 0 Å². The molecule has 4 nitrogen and oxygen atoms in total. The molecular formula is C15H11BrClN3O. The Hall–Kier alpha value is -1.98. The van der Waals surface area contributed by atoms with Crippen LogP contribution >= 0.6 is 27.5 Å². The Morgan fingerprint density at radius 3 is 2.76 bits per heavy atom. The van der Waals surface area contributed by atoms with E-state index in [4.69, 9.17) is 17.3 Å². The number of anilines is 2. The zero-order valence-corrected chi connectivity index (χ0v) is 13.1. The lowest BCUT2D eigenvalue weighted by molar-refractivity contribution is 0.102. The molecule has 2 aromatic carbocycles. The Morgan fingerprint density at radius 2 is 2.00 bits per heavy atom. The van der Waals surface area contributed by atoms with Crippen LogP contribution in [0.25, 0.3) is 10.9 Å². The van der Waals surface area contributed by atoms with Crippen molar-refractivity contribution < 1.29 is 4.79 Å². The third-order valence-electron chi connectivity index (χ3n) is 3.07. The van der Waals surface area contributed by atoms with E-state index in [1.165, 1.54) is 0 Å². The number of carbonyl (C=O) groups is 1. The second-order valence-corrected chi connectivity index (χ2v) is 5.87. The van der Waals surface area contributed by atoms with Gasteiger partial charge in [-0.05, 0) is 58.4 Å². The standard InChI is InChI=1S/C15H11BrClN3O/c16-11-3-2-10(7-12(11)17)19-15(21)14-6-8-5-9(18)1-4-13(8)20-14/h1-7,20H,18H2,(H,19,21). The van der Waals surface area contributed by atoms with E-state index in [-0.39, 0.29) is 5.91 Å². The summed E-state index contributed by atoms with van der Waals surface area (Å²) in [5, 5.41) is 4.23. The molecule has 0 aliphatic heterocycles. The average molecular weight is 365 g/mol. The predicted molar refractivity (Wildman–Crippen MR) is 89.8 cm³/mol. The maximum Gasteiger partial charge on any atom is 0.272 e. The van der Waals surface area contributed by atoms with Crippen molar-refractivity contribution in [2.24, 2.45) is 0 Å². The molecule has 0 saturated heterocycles. The van der Waals surface area contributed by atoms with Crippen molar-refractivity contribution in [1.29, 1.82) is 0 Å². The van der Waals surface area contributed by atoms with Crippen LogP contribution in [0.15, 0.2) is 46.9 Å². The van der Waals surface area contributed by atoms with Gasteiger partial charge >= 0.3 is 0 Å². The Morgan fingerprint density at radius 1 is 1.19 bits per heavy atom. The summed E-state index contributed by atoms with van der Waals surface area (Å²) >= 11 is 9.31. The highest BCUT2D eigenvalue weighted by Crippen LogP contribution is 2.26. The molecule has 0 aliphatic carbocycles. The molecule has 0 fully saturated rings. The number of halogens is 2. The smallest absolute Gasteiger partial charge is 0.272 e. The fraction of sp³-hybridized carbons (Fsp3) is 0. The van der Waals surface area contributed by atoms with Gasteiger partial charge in [-0.2, -0.15) is 0 Å². The van der Waals surface area contributed by atoms with Crippen molar-refractivity contribution in [1.82, 2.24) is 4.98 Å². The fourth-order valence-corrected chi connectivity index (χ4v) is 2.47. The highest BCUT2D eigenvalue weighted by molar-refractivity contribution is 9.10. The number of hydrogen-bond donors (Lipinski definition) is 3. The van der Waals surface area contributed by atoms with Gasteiger partial charge in [0.05, 0.1) is 5.02 Å². The molecule has 4 N–H and O–H groups in total. The van der Waals surface area contributed by atoms with Crippen LogP contribution in [0.4, 0.5) is 11.4 Å². The summed E-state index contributed by atoms with van der Waals surface area (Å²) in [6.07, 6.45) is 0. The van der Waals surface area contributed by atoms with Crippen molar-refractivity contribution in [3.8, 4) is 0 Å². The fourth-order valence-electron chi connectivity index (χ4n) is 2.05. The molecular weight excluding hydrogens is 354 g/mol. The maximum absolute atomic E-state index is 12.2. The van der Waals surface area contributed by atoms with Gasteiger partial charge in [-0.3, -0.25) is 4.79 Å². The van der Waals surface area contributed by atoms with Gasteiger partial charge in [-0.15, -0.1) is 0 Å². The molecule has 3 aromatic rings. The van der Waals surface area contributed by atoms with Gasteiger partial charge < -0.3 is 16.0 Å². The van der Waals surface area contributed by atoms with Crippen molar-refractivity contribution in [2.45, 2.75) is 0 Å². The number of benzene rings is 2. The first-order valence-electron chi connectivity index (χ1n) is 6.17. The average Bonchev–Trinajstić information content (AvgIpc) is 2.86. The first-order chi connectivity index (χ1) is 10.0. The summed E-state index contributed by atoms with van der Waals surface area (Å²) in [6, 6.07) is 12.5. The molecule has 1 heterocycles. The summed E-state index contributed by atoms with van der Waals surface area (Å²) in [7, 11) is 0. The molecule has 1 amide bonds. The third kappa shape index (κ3) is 2.89. The molecule has 21 heavy (non-hydrogen) atoms. The molecule has 0 unspecified atom stereocenters. The lowest BCUT2D eigenvalue weighted by Crippen LogP contribution is -2.12. The minimum absolute atomic E-state index is 0.233. The van der Waals surface area contributed by atoms with Gasteiger partial charge in [0.1, 0.15) is 5.69 Å². The summed E-state index contributed by atoms with van der Waals surface area (Å²) in [5.41, 5.74) is 8.35. The molecule has 106 valence electrons. The summed E-state index contributed by atoms with van der Waals surface area (Å²) in [4.78, 5) is 15.3. The minimum atomic E-state index is -0.233. The first-order valence-corrected chi connectivity index (χ1v) is 7.35. The highest BCUT2D eigenvalue weighted by atomic mass is 79.9. The van der Waals surface area contributed by atoms with E-state index in [9.17, 15) is 4.79 Å². The number of fused-ring (bicyclic) bond motifs is 1. The summed E-state index contributed by atoms with van der Waals surface area (Å²) < 4.78 is 0.781. The SMILES string of the molecule is Nc1ccc2[nH]c(C(=O)Nc3ccc(Br)c(Cl)c3)cc2c1. The number of rotatable bonds is 2. The van der Waals surface area contributed by atoms with E-state index < -0.39 is 0 Å². The number of nitrogen functional groups attached to an aromatic ring is 1. The Bertz CT molecular complexity index is 844. The Kier molecular flexibility index (Phi) is 3.61. The van der Waals surface area contributed by atoms with Crippen LogP contribution in [0.5, 0.6) is 0 Å². The van der Waals surface area contributed by atoms with Crippen LogP contribution < -0.4 is 11.1 Å². The third-order valence-corrected chi connectivity index (χ3v) is 4.30. The molecule has 3 rings (SSSR count). The van der Waals surface area contributed by atoms with Crippen LogP contribution in [0.3, 0.4) is 0 Å². The molecule has 1 aromatic heterocycles. The molecule has 0 radical (unpaired) electrons. The van der Waals surface area contributed by atoms with Crippen LogP contribution in [-0.2, 0) is 0 Å². The number of hydrogen-bond acceptors (Lipinski definition) is 2. The van der Waals surface area contributed by atoms with Crippen LogP contribution in [0.1, 0.15) is 10.5 Å². The predicted octanol–water partition coefficient (Wildman–Crippen LogP) is 4.42. The molecule has 0 saturated carbocycles. The zero-order valence-electron chi connectivity index (χ0n) is 10.8. The lowest BCUT2D eigenvalue weighted by atomic mass is 10.2. The highest BCUT2D eigenvalue weighted by Gasteiger charge is 2.10.